The van der Waals surface area contributed by atoms with Crippen LogP contribution in [-0.4, -0.2) is 34.9 Å². The zero-order valence-electron chi connectivity index (χ0n) is 14.2. The Kier molecular flexibility index (Phi) is 6.02. The molecular weight excluding hydrogens is 268 g/mol. The van der Waals surface area contributed by atoms with Gasteiger partial charge in [-0.25, -0.2) is 0 Å². The molecule has 1 aliphatic rings. The summed E-state index contributed by atoms with van der Waals surface area (Å²) in [6.07, 6.45) is 4.26. The van der Waals surface area contributed by atoms with Crippen molar-refractivity contribution in [1.82, 2.24) is 0 Å². The molecule has 1 fully saturated rings. The molecule has 1 saturated carbocycles. The van der Waals surface area contributed by atoms with Gasteiger partial charge in [0.15, 0.2) is 14.6 Å². The zero-order chi connectivity index (χ0) is 15.6. The van der Waals surface area contributed by atoms with Crippen molar-refractivity contribution in [3.8, 4) is 0 Å². The van der Waals surface area contributed by atoms with Gasteiger partial charge in [0.05, 0.1) is 6.10 Å². The second kappa shape index (κ2) is 6.73. The summed E-state index contributed by atoms with van der Waals surface area (Å²) in [5.41, 5.74) is 0. The lowest BCUT2D eigenvalue weighted by Crippen LogP contribution is -2.45. The van der Waals surface area contributed by atoms with Crippen molar-refractivity contribution >= 4 is 8.32 Å². The second-order valence-electron chi connectivity index (χ2n) is 7.31. The fraction of sp³-hybridized carbons (Fsp3) is 0.875. The molecule has 0 aromatic rings. The molecule has 0 heterocycles. The lowest BCUT2D eigenvalue weighted by Gasteiger charge is -2.40. The first kappa shape index (κ1) is 17.9. The summed E-state index contributed by atoms with van der Waals surface area (Å²) in [5.74, 6) is 0.659. The Morgan fingerprint density at radius 3 is 2.10 bits per heavy atom. The number of rotatable bonds is 6. The van der Waals surface area contributed by atoms with Gasteiger partial charge < -0.3 is 13.9 Å². The van der Waals surface area contributed by atoms with Gasteiger partial charge >= 0.3 is 0 Å². The normalized spacial score (nSPS) is 28.1. The van der Waals surface area contributed by atoms with Gasteiger partial charge in [0.2, 0.25) is 0 Å². The SMILES string of the molecule is C=C[C@@H]1[C@@H](O[Si](C)(C)C(C)(C)C)CC[C@H]1C(OC)OC. The molecule has 0 aromatic carbocycles. The second-order valence-corrected chi connectivity index (χ2v) is 12.1. The van der Waals surface area contributed by atoms with Crippen molar-refractivity contribution in [3.63, 3.8) is 0 Å². The predicted molar refractivity (Wildman–Crippen MR) is 86.3 cm³/mol. The number of hydrogen-bond acceptors (Lipinski definition) is 3. The van der Waals surface area contributed by atoms with E-state index in [4.69, 9.17) is 13.9 Å². The highest BCUT2D eigenvalue weighted by atomic mass is 28.4. The van der Waals surface area contributed by atoms with E-state index in [0.29, 0.717) is 11.8 Å². The van der Waals surface area contributed by atoms with Gasteiger partial charge in [0.25, 0.3) is 0 Å². The van der Waals surface area contributed by atoms with Crippen LogP contribution < -0.4 is 0 Å². The largest absolute Gasteiger partial charge is 0.413 e. The van der Waals surface area contributed by atoms with E-state index in [0.717, 1.165) is 12.8 Å². The van der Waals surface area contributed by atoms with E-state index in [1.165, 1.54) is 0 Å². The van der Waals surface area contributed by atoms with Crippen LogP contribution in [0.2, 0.25) is 18.1 Å². The van der Waals surface area contributed by atoms with E-state index < -0.39 is 8.32 Å². The average molecular weight is 301 g/mol. The van der Waals surface area contributed by atoms with Crippen molar-refractivity contribution in [1.29, 1.82) is 0 Å². The zero-order valence-corrected chi connectivity index (χ0v) is 15.2. The molecule has 1 aliphatic carbocycles. The number of ether oxygens (including phenoxy) is 2. The van der Waals surface area contributed by atoms with Crippen molar-refractivity contribution in [2.75, 3.05) is 14.2 Å². The minimum Gasteiger partial charge on any atom is -0.413 e. The molecule has 0 bridgehead atoms. The van der Waals surface area contributed by atoms with Crippen molar-refractivity contribution in [3.05, 3.63) is 12.7 Å². The van der Waals surface area contributed by atoms with E-state index >= 15 is 0 Å². The lowest BCUT2D eigenvalue weighted by atomic mass is 9.94. The van der Waals surface area contributed by atoms with Crippen LogP contribution in [0.15, 0.2) is 12.7 Å². The molecule has 0 spiro atoms. The van der Waals surface area contributed by atoms with Crippen LogP contribution in [0.25, 0.3) is 0 Å². The van der Waals surface area contributed by atoms with Gasteiger partial charge in [-0.1, -0.05) is 26.8 Å². The molecule has 0 amide bonds. The van der Waals surface area contributed by atoms with Crippen LogP contribution in [0.4, 0.5) is 0 Å². The molecule has 118 valence electrons. The molecule has 20 heavy (non-hydrogen) atoms. The van der Waals surface area contributed by atoms with Crippen LogP contribution >= 0.6 is 0 Å². The smallest absolute Gasteiger partial charge is 0.192 e. The van der Waals surface area contributed by atoms with E-state index in [-0.39, 0.29) is 17.4 Å². The first-order valence-corrected chi connectivity index (χ1v) is 10.4. The molecule has 0 aliphatic heterocycles. The van der Waals surface area contributed by atoms with Crippen LogP contribution in [0.3, 0.4) is 0 Å². The quantitative estimate of drug-likeness (QED) is 0.418. The summed E-state index contributed by atoms with van der Waals surface area (Å²) in [4.78, 5) is 0. The maximum atomic E-state index is 6.59. The molecule has 0 aromatic heterocycles. The third-order valence-electron chi connectivity index (χ3n) is 5.05. The summed E-state index contributed by atoms with van der Waals surface area (Å²) in [7, 11) is 1.67. The highest BCUT2D eigenvalue weighted by molar-refractivity contribution is 6.74. The minimum atomic E-state index is -1.74. The van der Waals surface area contributed by atoms with Crippen molar-refractivity contribution < 1.29 is 13.9 Å². The number of hydrogen-bond donors (Lipinski definition) is 0. The van der Waals surface area contributed by atoms with E-state index in [2.05, 4.69) is 40.4 Å². The Morgan fingerprint density at radius 1 is 1.15 bits per heavy atom. The summed E-state index contributed by atoms with van der Waals surface area (Å²) >= 11 is 0. The maximum Gasteiger partial charge on any atom is 0.192 e. The highest BCUT2D eigenvalue weighted by Gasteiger charge is 2.45. The minimum absolute atomic E-state index is 0.161. The van der Waals surface area contributed by atoms with Gasteiger partial charge in [-0.15, -0.1) is 6.58 Å². The van der Waals surface area contributed by atoms with E-state index in [9.17, 15) is 0 Å². The molecule has 0 N–H and O–H groups in total. The van der Waals surface area contributed by atoms with Crippen molar-refractivity contribution in [2.24, 2.45) is 11.8 Å². The highest BCUT2D eigenvalue weighted by Crippen LogP contribution is 2.44. The van der Waals surface area contributed by atoms with E-state index in [1.807, 2.05) is 6.08 Å². The third kappa shape index (κ3) is 3.73. The summed E-state index contributed by atoms with van der Waals surface area (Å²) in [6.45, 7) is 15.5. The molecule has 0 unspecified atom stereocenters. The molecule has 1 rings (SSSR count). The fourth-order valence-corrected chi connectivity index (χ4v) is 4.19. The molecule has 4 heteroatoms. The van der Waals surface area contributed by atoms with Gasteiger partial charge in [-0.05, 0) is 31.0 Å². The van der Waals surface area contributed by atoms with Crippen LogP contribution in [0.5, 0.6) is 0 Å². The first-order chi connectivity index (χ1) is 9.17. The third-order valence-corrected chi connectivity index (χ3v) is 9.55. The summed E-state index contributed by atoms with van der Waals surface area (Å²) in [5, 5.41) is 0.235. The van der Waals surface area contributed by atoms with Gasteiger partial charge in [-0.3, -0.25) is 0 Å². The fourth-order valence-electron chi connectivity index (χ4n) is 2.80. The van der Waals surface area contributed by atoms with Crippen LogP contribution in [0, 0.1) is 11.8 Å². The Labute approximate surface area is 125 Å². The molecule has 3 nitrogen and oxygen atoms in total. The Hall–Kier alpha value is -0.163. The molecule has 0 radical (unpaired) electrons. The van der Waals surface area contributed by atoms with Gasteiger partial charge in [0, 0.05) is 26.1 Å². The van der Waals surface area contributed by atoms with Crippen LogP contribution in [-0.2, 0) is 13.9 Å². The Bertz CT molecular complexity index is 318. The predicted octanol–water partition coefficient (Wildman–Crippen LogP) is 4.21. The average Bonchev–Trinajstić information content (AvgIpc) is 2.71. The maximum absolute atomic E-state index is 6.59. The summed E-state index contributed by atoms with van der Waals surface area (Å²) < 4.78 is 17.5. The number of methoxy groups -OCH3 is 2. The standard InChI is InChI=1S/C16H32O3Si/c1-9-12-13(15(17-5)18-6)10-11-14(12)19-20(7,8)16(2,3)4/h9,12-15H,1,10-11H2,2-8H3/t12-,13+,14-/m0/s1. The summed E-state index contributed by atoms with van der Waals surface area (Å²) in [6, 6.07) is 0. The first-order valence-electron chi connectivity index (χ1n) is 7.54. The topological polar surface area (TPSA) is 27.7 Å². The molecule has 3 atom stereocenters. The lowest BCUT2D eigenvalue weighted by molar-refractivity contribution is -0.143. The van der Waals surface area contributed by atoms with Gasteiger partial charge in [-0.2, -0.15) is 0 Å². The van der Waals surface area contributed by atoms with E-state index in [1.54, 1.807) is 14.2 Å². The van der Waals surface area contributed by atoms with Gasteiger partial charge in [0.1, 0.15) is 0 Å². The van der Waals surface area contributed by atoms with Crippen molar-refractivity contribution in [2.45, 2.75) is 64.1 Å². The monoisotopic (exact) mass is 300 g/mol. The van der Waals surface area contributed by atoms with Crippen LogP contribution in [0.1, 0.15) is 33.6 Å². The molecule has 0 saturated heterocycles. The Morgan fingerprint density at radius 2 is 1.70 bits per heavy atom. The Balaban J connectivity index is 2.81. The molecular formula is C16H32O3Si.